The molecule has 1 heterocycles. The molecular formula is C28H58NO2+. The van der Waals surface area contributed by atoms with Crippen molar-refractivity contribution in [3.63, 3.8) is 0 Å². The highest BCUT2D eigenvalue weighted by atomic mass is 16.8. The quantitative estimate of drug-likeness (QED) is 0.140. The minimum Gasteiger partial charge on any atom is -0.344 e. The molecular weight excluding hydrogens is 382 g/mol. The molecule has 0 bridgehead atoms. The van der Waals surface area contributed by atoms with E-state index in [-0.39, 0.29) is 5.79 Å². The van der Waals surface area contributed by atoms with Gasteiger partial charge < -0.3 is 14.0 Å². The van der Waals surface area contributed by atoms with E-state index in [1.165, 1.54) is 96.4 Å². The van der Waals surface area contributed by atoms with Crippen molar-refractivity contribution in [3.8, 4) is 0 Å². The first kappa shape index (κ1) is 28.9. The summed E-state index contributed by atoms with van der Waals surface area (Å²) in [5.74, 6) is -0.285. The van der Waals surface area contributed by atoms with Crippen LogP contribution in [-0.4, -0.2) is 50.2 Å². The third kappa shape index (κ3) is 13.2. The Bertz CT molecular complexity index is 412. The second-order valence-electron chi connectivity index (χ2n) is 11.2. The van der Waals surface area contributed by atoms with Gasteiger partial charge in [-0.05, 0) is 25.7 Å². The topological polar surface area (TPSA) is 18.5 Å². The molecule has 0 radical (unpaired) electrons. The lowest BCUT2D eigenvalue weighted by atomic mass is 9.99. The molecule has 0 aromatic heterocycles. The number of rotatable bonds is 20. The fraction of sp³-hybridized carbons (Fsp3) is 1.00. The van der Waals surface area contributed by atoms with E-state index < -0.39 is 0 Å². The number of unbranched alkanes of at least 4 members (excludes halogenated alkanes) is 10. The summed E-state index contributed by atoms with van der Waals surface area (Å²) in [4.78, 5) is 0. The highest BCUT2D eigenvalue weighted by Gasteiger charge is 2.45. The zero-order chi connectivity index (χ0) is 23.0. The third-order valence-corrected chi connectivity index (χ3v) is 6.82. The molecule has 0 aromatic rings. The average Bonchev–Trinajstić information content (AvgIpc) is 3.03. The lowest BCUT2D eigenvalue weighted by molar-refractivity contribution is -0.870. The van der Waals surface area contributed by atoms with E-state index in [0.717, 1.165) is 30.2 Å². The lowest BCUT2D eigenvalue weighted by Crippen LogP contribution is -2.35. The fourth-order valence-corrected chi connectivity index (χ4v) is 5.11. The van der Waals surface area contributed by atoms with Crippen LogP contribution in [-0.2, 0) is 9.47 Å². The van der Waals surface area contributed by atoms with Crippen molar-refractivity contribution < 1.29 is 14.0 Å². The van der Waals surface area contributed by atoms with Crippen LogP contribution in [0.5, 0.6) is 0 Å². The maximum atomic E-state index is 6.70. The molecule has 3 heteroatoms. The zero-order valence-corrected chi connectivity index (χ0v) is 22.4. The summed E-state index contributed by atoms with van der Waals surface area (Å²) in [5, 5.41) is 0. The SMILES string of the molecule is CCCCCCCC[C@@H]1OC(CCC)(CCC)O[C@H]1CCCCCCCC[N+](C)(C)C. The van der Waals surface area contributed by atoms with Gasteiger partial charge in [0.15, 0.2) is 5.79 Å². The van der Waals surface area contributed by atoms with E-state index in [9.17, 15) is 0 Å². The summed E-state index contributed by atoms with van der Waals surface area (Å²) >= 11 is 0. The van der Waals surface area contributed by atoms with Gasteiger partial charge >= 0.3 is 0 Å². The van der Waals surface area contributed by atoms with E-state index in [1.54, 1.807) is 0 Å². The Hall–Kier alpha value is -0.120. The van der Waals surface area contributed by atoms with Crippen LogP contribution >= 0.6 is 0 Å². The van der Waals surface area contributed by atoms with Crippen molar-refractivity contribution in [2.75, 3.05) is 27.7 Å². The van der Waals surface area contributed by atoms with Gasteiger partial charge in [0.1, 0.15) is 0 Å². The lowest BCUT2D eigenvalue weighted by Gasteiger charge is -2.27. The molecule has 0 saturated carbocycles. The van der Waals surface area contributed by atoms with Crippen molar-refractivity contribution >= 4 is 0 Å². The molecule has 0 unspecified atom stereocenters. The summed E-state index contributed by atoms with van der Waals surface area (Å²) in [5.41, 5.74) is 0. The molecule has 0 spiro atoms. The van der Waals surface area contributed by atoms with E-state index in [4.69, 9.17) is 9.47 Å². The molecule has 1 aliphatic rings. The molecule has 1 aliphatic heterocycles. The summed E-state index contributed by atoms with van der Waals surface area (Å²) < 4.78 is 14.5. The molecule has 0 aliphatic carbocycles. The minimum absolute atomic E-state index is 0.285. The van der Waals surface area contributed by atoms with Crippen molar-refractivity contribution in [2.24, 2.45) is 0 Å². The molecule has 1 rings (SSSR count). The number of nitrogens with zero attached hydrogens (tertiary/aromatic N) is 1. The molecule has 3 nitrogen and oxygen atoms in total. The molecule has 1 fully saturated rings. The fourth-order valence-electron chi connectivity index (χ4n) is 5.11. The normalized spacial score (nSPS) is 21.1. The van der Waals surface area contributed by atoms with Crippen LogP contribution in [0.3, 0.4) is 0 Å². The van der Waals surface area contributed by atoms with Crippen LogP contribution in [0, 0.1) is 0 Å². The van der Waals surface area contributed by atoms with Crippen LogP contribution < -0.4 is 0 Å². The van der Waals surface area contributed by atoms with Crippen molar-refractivity contribution in [2.45, 2.75) is 154 Å². The summed E-state index contributed by atoms with van der Waals surface area (Å²) in [7, 11) is 6.88. The second kappa shape index (κ2) is 16.5. The van der Waals surface area contributed by atoms with Gasteiger partial charge in [-0.1, -0.05) is 97.8 Å². The van der Waals surface area contributed by atoms with Crippen LogP contribution in [0.15, 0.2) is 0 Å². The molecule has 0 amide bonds. The molecule has 186 valence electrons. The number of hydrogen-bond donors (Lipinski definition) is 0. The van der Waals surface area contributed by atoms with Crippen molar-refractivity contribution in [3.05, 3.63) is 0 Å². The van der Waals surface area contributed by atoms with E-state index >= 15 is 0 Å². The maximum absolute atomic E-state index is 6.70. The Kier molecular flexibility index (Phi) is 15.4. The number of ether oxygens (including phenoxy) is 2. The predicted molar refractivity (Wildman–Crippen MR) is 136 cm³/mol. The largest absolute Gasteiger partial charge is 0.344 e. The standard InChI is InChI=1S/C28H58NO2/c1-7-10-11-12-15-18-21-26-27(31-28(30-26,23-8-2)24-9-3)22-19-16-13-14-17-20-25-29(4,5)6/h26-27H,7-25H2,1-6H3/q+1/t26-,27-/m0/s1. The monoisotopic (exact) mass is 440 g/mol. The smallest absolute Gasteiger partial charge is 0.169 e. The van der Waals surface area contributed by atoms with E-state index in [1.807, 2.05) is 0 Å². The highest BCUT2D eigenvalue weighted by Crippen LogP contribution is 2.40. The third-order valence-electron chi connectivity index (χ3n) is 6.82. The van der Waals surface area contributed by atoms with Crippen LogP contribution in [0.4, 0.5) is 0 Å². The Labute approximate surface area is 196 Å². The van der Waals surface area contributed by atoms with Crippen molar-refractivity contribution in [1.82, 2.24) is 0 Å². The van der Waals surface area contributed by atoms with Gasteiger partial charge in [-0.15, -0.1) is 0 Å². The number of hydrogen-bond acceptors (Lipinski definition) is 2. The summed E-state index contributed by atoms with van der Waals surface area (Å²) in [6, 6.07) is 0. The molecule has 31 heavy (non-hydrogen) atoms. The molecule has 0 N–H and O–H groups in total. The zero-order valence-electron chi connectivity index (χ0n) is 22.4. The minimum atomic E-state index is -0.285. The van der Waals surface area contributed by atoms with Gasteiger partial charge in [0.25, 0.3) is 0 Å². The second-order valence-corrected chi connectivity index (χ2v) is 11.2. The first-order valence-corrected chi connectivity index (χ1v) is 14.0. The van der Waals surface area contributed by atoms with Crippen LogP contribution in [0.2, 0.25) is 0 Å². The van der Waals surface area contributed by atoms with Crippen LogP contribution in [0.1, 0.15) is 136 Å². The Balaban J connectivity index is 2.37. The number of quaternary nitrogens is 1. The Morgan fingerprint density at radius 2 is 0.968 bits per heavy atom. The van der Waals surface area contributed by atoms with Crippen LogP contribution in [0.25, 0.3) is 0 Å². The van der Waals surface area contributed by atoms with Gasteiger partial charge in [-0.2, -0.15) is 0 Å². The first-order valence-electron chi connectivity index (χ1n) is 14.0. The molecule has 2 atom stereocenters. The predicted octanol–water partition coefficient (Wildman–Crippen LogP) is 8.25. The molecule has 1 saturated heterocycles. The van der Waals surface area contributed by atoms with E-state index in [0.29, 0.717) is 12.2 Å². The first-order chi connectivity index (χ1) is 14.9. The maximum Gasteiger partial charge on any atom is 0.169 e. The van der Waals surface area contributed by atoms with Crippen molar-refractivity contribution in [1.29, 1.82) is 0 Å². The Morgan fingerprint density at radius 3 is 1.39 bits per heavy atom. The molecule has 0 aromatic carbocycles. The average molecular weight is 441 g/mol. The summed E-state index contributed by atoms with van der Waals surface area (Å²) in [6.45, 7) is 8.11. The van der Waals surface area contributed by atoms with Gasteiger partial charge in [0, 0.05) is 12.8 Å². The Morgan fingerprint density at radius 1 is 0.548 bits per heavy atom. The van der Waals surface area contributed by atoms with Gasteiger partial charge in [0.05, 0.1) is 39.9 Å². The van der Waals surface area contributed by atoms with E-state index in [2.05, 4.69) is 41.9 Å². The summed E-state index contributed by atoms with van der Waals surface area (Å²) in [6.07, 6.45) is 23.7. The van der Waals surface area contributed by atoms with Gasteiger partial charge in [-0.25, -0.2) is 0 Å². The van der Waals surface area contributed by atoms with Gasteiger partial charge in [-0.3, -0.25) is 0 Å². The highest BCUT2D eigenvalue weighted by molar-refractivity contribution is 4.86. The van der Waals surface area contributed by atoms with Gasteiger partial charge in [0.2, 0.25) is 0 Å².